The van der Waals surface area contributed by atoms with E-state index in [4.69, 9.17) is 45.1 Å². The van der Waals surface area contributed by atoms with Gasteiger partial charge >= 0.3 is 11.9 Å². The summed E-state index contributed by atoms with van der Waals surface area (Å²) in [7, 11) is -4.03. The van der Waals surface area contributed by atoms with Gasteiger partial charge in [-0.1, -0.05) is 82.2 Å². The van der Waals surface area contributed by atoms with Gasteiger partial charge in [-0.15, -0.1) is 0 Å². The normalized spacial score (nSPS) is 11.6. The summed E-state index contributed by atoms with van der Waals surface area (Å²) >= 11 is 6.38. The van der Waals surface area contributed by atoms with Crippen molar-refractivity contribution in [1.29, 1.82) is 0 Å². The number of nitrogens with zero attached hydrogens (tertiary/aromatic N) is 1. The summed E-state index contributed by atoms with van der Waals surface area (Å²) < 4.78 is 60.4. The molecule has 0 spiro atoms. The van der Waals surface area contributed by atoms with E-state index in [0.717, 1.165) is 32.1 Å². The van der Waals surface area contributed by atoms with Crippen LogP contribution < -0.4 is 20.1 Å². The molecule has 17 nitrogen and oxygen atoms in total. The Morgan fingerprint density at radius 1 is 0.683 bits per heavy atom. The minimum Gasteiger partial charge on any atom is -0.492 e. The number of carbonyl (C=O) groups is 4. The lowest BCUT2D eigenvalue weighted by Gasteiger charge is -2.19. The molecule has 0 radical (unpaired) electrons. The molecule has 0 aliphatic heterocycles. The van der Waals surface area contributed by atoms with Gasteiger partial charge in [-0.3, -0.25) is 19.1 Å². The number of carbonyl (C=O) groups excluding carboxylic acids is 3. The van der Waals surface area contributed by atoms with E-state index in [1.165, 1.54) is 87.9 Å². The van der Waals surface area contributed by atoms with Gasteiger partial charge in [0, 0.05) is 25.7 Å². The molecule has 0 saturated heterocycles. The quantitative estimate of drug-likeness (QED) is 0.0408. The molecule has 63 heavy (non-hydrogen) atoms. The van der Waals surface area contributed by atoms with E-state index < -0.39 is 34.1 Å². The average Bonchev–Trinajstić information content (AvgIpc) is 3.22. The van der Waals surface area contributed by atoms with Gasteiger partial charge in [-0.25, -0.2) is 18.2 Å². The molecule has 0 unspecified atom stereocenters. The van der Waals surface area contributed by atoms with Gasteiger partial charge in [0.15, 0.2) is 0 Å². The van der Waals surface area contributed by atoms with Crippen LogP contribution >= 0.6 is 11.6 Å². The second-order valence-corrected chi connectivity index (χ2v) is 17.8. The number of pyridine rings is 1. The molecular formula is C44H69ClN4O13S. The van der Waals surface area contributed by atoms with Gasteiger partial charge in [0.05, 0.1) is 61.7 Å². The topological polar surface area (TPSA) is 227 Å². The number of anilines is 1. The van der Waals surface area contributed by atoms with Crippen molar-refractivity contribution in [3.05, 3.63) is 47.1 Å². The maximum absolute atomic E-state index is 13.0. The molecule has 0 aliphatic rings. The van der Waals surface area contributed by atoms with Crippen molar-refractivity contribution >= 4 is 51.2 Å². The summed E-state index contributed by atoms with van der Waals surface area (Å²) in [6.07, 6.45) is 16.6. The molecule has 1 aromatic heterocycles. The number of carboxylic acid groups (broad SMARTS) is 1. The summed E-state index contributed by atoms with van der Waals surface area (Å²) in [5.41, 5.74) is -0.189. The highest BCUT2D eigenvalue weighted by Gasteiger charge is 2.18. The van der Waals surface area contributed by atoms with Gasteiger partial charge in [0.25, 0.3) is 15.9 Å². The Balaban J connectivity index is 1.50. The van der Waals surface area contributed by atoms with Crippen molar-refractivity contribution in [2.24, 2.45) is 0 Å². The largest absolute Gasteiger partial charge is 0.492 e. The van der Waals surface area contributed by atoms with E-state index >= 15 is 0 Å². The molecule has 0 fully saturated rings. The highest BCUT2D eigenvalue weighted by atomic mass is 35.5. The van der Waals surface area contributed by atoms with Crippen LogP contribution in [0.1, 0.15) is 121 Å². The molecular weight excluding hydrogens is 860 g/mol. The van der Waals surface area contributed by atoms with Crippen molar-refractivity contribution in [1.82, 2.24) is 15.6 Å². The zero-order valence-corrected chi connectivity index (χ0v) is 38.8. The number of benzene rings is 1. The van der Waals surface area contributed by atoms with E-state index in [1.54, 1.807) is 0 Å². The summed E-state index contributed by atoms with van der Waals surface area (Å²) in [6.45, 7) is 7.22. The van der Waals surface area contributed by atoms with Crippen LogP contribution in [0.2, 0.25) is 5.02 Å². The number of aliphatic carboxylic acids is 1. The Hall–Kier alpha value is -4.07. The number of rotatable bonds is 37. The summed E-state index contributed by atoms with van der Waals surface area (Å²) in [5, 5.41) is 13.9. The van der Waals surface area contributed by atoms with Crippen LogP contribution in [-0.4, -0.2) is 120 Å². The first-order valence-electron chi connectivity index (χ1n) is 21.9. The fraction of sp³-hybridized carbons (Fsp3) is 0.659. The summed E-state index contributed by atoms with van der Waals surface area (Å²) in [4.78, 5) is 50.4. The number of nitrogens with one attached hydrogen (secondary N) is 3. The Kier molecular flexibility index (Phi) is 28.5. The smallest absolute Gasteiger partial charge is 0.329 e. The predicted molar refractivity (Wildman–Crippen MR) is 239 cm³/mol. The van der Waals surface area contributed by atoms with Crippen LogP contribution in [0.15, 0.2) is 41.4 Å². The maximum atomic E-state index is 13.0. The molecule has 1 heterocycles. The standard InChI is InChI=1S/C44H69ClN4O13S/c1-44(2,3)62-42(53)17-15-13-11-9-7-5-4-6-8-10-12-14-16-24-61-38-20-19-36(31-37(38)45)63(55,56)49-39-21-18-35(32-48-39)43(54)47-23-26-58-27-29-59-33-40(50)46-22-25-57-28-30-60-34-41(51)52/h18-21,31-32H,4-17,22-30,33-34H2,1-3H3,(H,46,50)(H,47,54)(H,48,49)(H,51,52). The Bertz CT molecular complexity index is 1730. The number of hydrogen-bond donors (Lipinski definition) is 4. The van der Waals surface area contributed by atoms with E-state index in [1.807, 2.05) is 20.8 Å². The molecule has 0 aliphatic carbocycles. The number of halogens is 1. The molecule has 1 aromatic carbocycles. The van der Waals surface area contributed by atoms with Crippen LogP contribution in [0, 0.1) is 0 Å². The molecule has 2 rings (SSSR count). The number of sulfonamides is 1. The molecule has 19 heteroatoms. The number of ether oxygens (including phenoxy) is 6. The lowest BCUT2D eigenvalue weighted by atomic mass is 10.0. The lowest BCUT2D eigenvalue weighted by Crippen LogP contribution is -2.31. The SMILES string of the molecule is CC(C)(C)OC(=O)CCCCCCCCCCCCCCCOc1ccc(S(=O)(=O)Nc2ccc(C(=O)NCCOCCOCC(=O)NCCOCCOCC(=O)O)cn2)cc1Cl. The third-order valence-electron chi connectivity index (χ3n) is 8.98. The first kappa shape index (κ1) is 55.1. The van der Waals surface area contributed by atoms with Gasteiger partial charge in [0.2, 0.25) is 5.91 Å². The molecule has 2 amide bonds. The number of carboxylic acids is 1. The first-order valence-corrected chi connectivity index (χ1v) is 23.7. The second-order valence-electron chi connectivity index (χ2n) is 15.7. The van der Waals surface area contributed by atoms with E-state index in [9.17, 15) is 27.6 Å². The minimum atomic E-state index is -4.03. The highest BCUT2D eigenvalue weighted by molar-refractivity contribution is 7.92. The van der Waals surface area contributed by atoms with Gasteiger partial charge in [-0.05, 0) is 63.9 Å². The third-order valence-corrected chi connectivity index (χ3v) is 10.6. The van der Waals surface area contributed by atoms with Crippen molar-refractivity contribution < 1.29 is 61.1 Å². The zero-order chi connectivity index (χ0) is 46.2. The molecule has 0 bridgehead atoms. The van der Waals surface area contributed by atoms with Crippen LogP contribution in [0.5, 0.6) is 5.75 Å². The zero-order valence-electron chi connectivity index (χ0n) is 37.2. The lowest BCUT2D eigenvalue weighted by molar-refractivity contribution is -0.155. The van der Waals surface area contributed by atoms with Gasteiger partial charge in [-0.2, -0.15) is 0 Å². The van der Waals surface area contributed by atoms with Crippen LogP contribution in [0.3, 0.4) is 0 Å². The van der Waals surface area contributed by atoms with Crippen LogP contribution in [0.25, 0.3) is 0 Å². The minimum absolute atomic E-state index is 0.0219. The van der Waals surface area contributed by atoms with E-state index in [0.29, 0.717) is 18.8 Å². The van der Waals surface area contributed by atoms with Crippen molar-refractivity contribution in [3.63, 3.8) is 0 Å². The molecule has 4 N–H and O–H groups in total. The summed E-state index contributed by atoms with van der Waals surface area (Å²) in [6, 6.07) is 7.09. The van der Waals surface area contributed by atoms with Crippen molar-refractivity contribution in [3.8, 4) is 5.75 Å². The molecule has 2 aromatic rings. The van der Waals surface area contributed by atoms with E-state index in [2.05, 4.69) is 20.3 Å². The van der Waals surface area contributed by atoms with Crippen LogP contribution in [0.4, 0.5) is 5.82 Å². The molecule has 0 atom stereocenters. The van der Waals surface area contributed by atoms with E-state index in [-0.39, 0.29) is 92.5 Å². The molecule has 0 saturated carbocycles. The monoisotopic (exact) mass is 928 g/mol. The van der Waals surface area contributed by atoms with Crippen LogP contribution in [-0.2, 0) is 48.1 Å². The number of aromatic nitrogens is 1. The Morgan fingerprint density at radius 3 is 1.79 bits per heavy atom. The fourth-order valence-corrected chi connectivity index (χ4v) is 7.19. The van der Waals surface area contributed by atoms with Crippen molar-refractivity contribution in [2.75, 3.05) is 77.3 Å². The fourth-order valence-electron chi connectivity index (χ4n) is 5.86. The Labute approximate surface area is 378 Å². The average molecular weight is 930 g/mol. The predicted octanol–water partition coefficient (Wildman–Crippen LogP) is 6.71. The third kappa shape index (κ3) is 28.4. The van der Waals surface area contributed by atoms with Crippen molar-refractivity contribution in [2.45, 2.75) is 121 Å². The summed E-state index contributed by atoms with van der Waals surface area (Å²) in [5.74, 6) is -1.48. The van der Waals surface area contributed by atoms with Gasteiger partial charge < -0.3 is 44.2 Å². The highest BCUT2D eigenvalue weighted by Crippen LogP contribution is 2.28. The number of hydrogen-bond acceptors (Lipinski definition) is 13. The molecule has 356 valence electrons. The first-order chi connectivity index (χ1) is 30.2. The van der Waals surface area contributed by atoms with Gasteiger partial charge in [0.1, 0.15) is 30.4 Å². The number of unbranched alkanes of at least 4 members (excludes halogenated alkanes) is 12. The maximum Gasteiger partial charge on any atom is 0.329 e. The number of amides is 2. The Morgan fingerprint density at radius 2 is 1.24 bits per heavy atom. The second kappa shape index (κ2) is 32.6. The number of esters is 1.